The molecule has 4 heteroatoms. The molecule has 1 heterocycles. The summed E-state index contributed by atoms with van der Waals surface area (Å²) in [4.78, 5) is 4.24. The predicted octanol–water partition coefficient (Wildman–Crippen LogP) is 2.41. The van der Waals surface area contributed by atoms with E-state index in [0.29, 0.717) is 11.7 Å². The molecule has 0 spiro atoms. The van der Waals surface area contributed by atoms with Gasteiger partial charge in [-0.2, -0.15) is 0 Å². The smallest absolute Gasteiger partial charge is 0.181 e. The van der Waals surface area contributed by atoms with Crippen molar-refractivity contribution < 1.29 is 0 Å². The molecule has 0 fully saturated rings. The summed E-state index contributed by atoms with van der Waals surface area (Å²) >= 11 is 1.54. The molecule has 0 atom stereocenters. The number of hydrogen-bond donors (Lipinski definition) is 2. The van der Waals surface area contributed by atoms with E-state index in [1.807, 2.05) is 6.07 Å². The fraction of sp³-hybridized carbons (Fsp3) is 0.417. The Balaban J connectivity index is 2.32. The molecular formula is C12H17N3S. The van der Waals surface area contributed by atoms with Crippen LogP contribution in [0.15, 0.2) is 18.2 Å². The van der Waals surface area contributed by atoms with Crippen LogP contribution in [-0.2, 0) is 6.42 Å². The first kappa shape index (κ1) is 11.4. The van der Waals surface area contributed by atoms with Crippen LogP contribution in [0.1, 0.15) is 19.4 Å². The van der Waals surface area contributed by atoms with E-state index in [1.165, 1.54) is 16.9 Å². The third kappa shape index (κ3) is 2.33. The lowest BCUT2D eigenvalue weighted by atomic mass is 9.86. The van der Waals surface area contributed by atoms with Gasteiger partial charge in [-0.3, -0.25) is 0 Å². The van der Waals surface area contributed by atoms with Gasteiger partial charge in [0.1, 0.15) is 0 Å². The molecule has 0 unspecified atom stereocenters. The number of fused-ring (bicyclic) bond motifs is 1. The summed E-state index contributed by atoms with van der Waals surface area (Å²) in [6.07, 6.45) is 0.983. The fourth-order valence-electron chi connectivity index (χ4n) is 1.72. The molecule has 0 radical (unpaired) electrons. The highest BCUT2D eigenvalue weighted by atomic mass is 32.1. The van der Waals surface area contributed by atoms with Gasteiger partial charge in [-0.1, -0.05) is 31.3 Å². The molecule has 86 valence electrons. The van der Waals surface area contributed by atoms with Crippen molar-refractivity contribution in [3.8, 4) is 0 Å². The molecule has 0 amide bonds. The zero-order valence-corrected chi connectivity index (χ0v) is 10.5. The van der Waals surface area contributed by atoms with Crippen LogP contribution in [0, 0.1) is 5.41 Å². The van der Waals surface area contributed by atoms with Crippen LogP contribution < -0.4 is 11.5 Å². The molecular weight excluding hydrogens is 218 g/mol. The minimum Gasteiger partial charge on any atom is -0.375 e. The quantitative estimate of drug-likeness (QED) is 0.858. The first-order valence-electron chi connectivity index (χ1n) is 5.35. The maximum Gasteiger partial charge on any atom is 0.181 e. The van der Waals surface area contributed by atoms with Crippen LogP contribution in [0.25, 0.3) is 10.2 Å². The van der Waals surface area contributed by atoms with Crippen molar-refractivity contribution in [3.63, 3.8) is 0 Å². The molecule has 2 aromatic rings. The second-order valence-corrected chi connectivity index (χ2v) is 5.96. The molecule has 4 N–H and O–H groups in total. The molecule has 0 bridgehead atoms. The van der Waals surface area contributed by atoms with E-state index in [2.05, 4.69) is 31.0 Å². The standard InChI is InChI=1S/C12H17N3S/c1-12(2,7-13)6-8-3-4-9-10(5-8)16-11(14)15-9/h3-5H,6-7,13H2,1-2H3,(H2,14,15). The maximum atomic E-state index is 5.74. The van der Waals surface area contributed by atoms with Crippen molar-refractivity contribution in [2.24, 2.45) is 11.1 Å². The number of nitrogens with two attached hydrogens (primary N) is 2. The summed E-state index contributed by atoms with van der Waals surface area (Å²) in [7, 11) is 0. The number of nitrogens with zero attached hydrogens (tertiary/aromatic N) is 1. The number of rotatable bonds is 3. The molecule has 1 aromatic heterocycles. The first-order chi connectivity index (χ1) is 7.50. The Morgan fingerprint density at radius 1 is 1.38 bits per heavy atom. The minimum absolute atomic E-state index is 0.143. The van der Waals surface area contributed by atoms with E-state index < -0.39 is 0 Å². The van der Waals surface area contributed by atoms with Crippen LogP contribution in [0.3, 0.4) is 0 Å². The van der Waals surface area contributed by atoms with Crippen molar-refractivity contribution >= 4 is 26.7 Å². The molecule has 3 nitrogen and oxygen atoms in total. The second-order valence-electron chi connectivity index (χ2n) is 4.90. The van der Waals surface area contributed by atoms with Crippen molar-refractivity contribution in [1.82, 2.24) is 4.98 Å². The predicted molar refractivity (Wildman–Crippen MR) is 70.6 cm³/mol. The Hall–Kier alpha value is -1.13. The average molecular weight is 235 g/mol. The van der Waals surface area contributed by atoms with E-state index in [1.54, 1.807) is 0 Å². The molecule has 16 heavy (non-hydrogen) atoms. The Morgan fingerprint density at radius 2 is 2.12 bits per heavy atom. The lowest BCUT2D eigenvalue weighted by molar-refractivity contribution is 0.377. The average Bonchev–Trinajstić information content (AvgIpc) is 2.57. The van der Waals surface area contributed by atoms with Crippen LogP contribution >= 0.6 is 11.3 Å². The minimum atomic E-state index is 0.143. The number of nitrogen functional groups attached to an aromatic ring is 1. The van der Waals surface area contributed by atoms with Crippen LogP contribution in [0.5, 0.6) is 0 Å². The van der Waals surface area contributed by atoms with Crippen molar-refractivity contribution in [1.29, 1.82) is 0 Å². The van der Waals surface area contributed by atoms with Gasteiger partial charge in [-0.05, 0) is 36.1 Å². The monoisotopic (exact) mass is 235 g/mol. The Labute approximate surface area is 99.5 Å². The van der Waals surface area contributed by atoms with Gasteiger partial charge in [-0.15, -0.1) is 0 Å². The van der Waals surface area contributed by atoms with Crippen LogP contribution in [0.4, 0.5) is 5.13 Å². The third-order valence-corrected chi connectivity index (χ3v) is 3.55. The normalized spacial score (nSPS) is 12.2. The number of aromatic nitrogens is 1. The lowest BCUT2D eigenvalue weighted by Gasteiger charge is -2.22. The SMILES string of the molecule is CC(C)(CN)Cc1ccc2nc(N)sc2c1. The van der Waals surface area contributed by atoms with E-state index in [4.69, 9.17) is 11.5 Å². The summed E-state index contributed by atoms with van der Waals surface area (Å²) in [5, 5.41) is 0.630. The highest BCUT2D eigenvalue weighted by molar-refractivity contribution is 7.22. The number of hydrogen-bond acceptors (Lipinski definition) is 4. The Morgan fingerprint density at radius 3 is 2.81 bits per heavy atom. The van der Waals surface area contributed by atoms with E-state index in [9.17, 15) is 0 Å². The molecule has 0 saturated heterocycles. The number of thiazole rings is 1. The van der Waals surface area contributed by atoms with Gasteiger partial charge in [0.25, 0.3) is 0 Å². The van der Waals surface area contributed by atoms with Gasteiger partial charge >= 0.3 is 0 Å². The summed E-state index contributed by atoms with van der Waals surface area (Å²) in [6.45, 7) is 5.05. The summed E-state index contributed by atoms with van der Waals surface area (Å²) in [5.74, 6) is 0. The van der Waals surface area contributed by atoms with Gasteiger partial charge in [0.05, 0.1) is 10.2 Å². The van der Waals surface area contributed by atoms with Gasteiger partial charge < -0.3 is 11.5 Å². The van der Waals surface area contributed by atoms with Crippen molar-refractivity contribution in [2.75, 3.05) is 12.3 Å². The highest BCUT2D eigenvalue weighted by Crippen LogP contribution is 2.27. The second kappa shape index (κ2) is 4.03. The number of anilines is 1. The van der Waals surface area contributed by atoms with E-state index >= 15 is 0 Å². The Kier molecular flexibility index (Phi) is 2.86. The lowest BCUT2D eigenvalue weighted by Crippen LogP contribution is -2.25. The van der Waals surface area contributed by atoms with Gasteiger partial charge in [-0.25, -0.2) is 4.98 Å². The van der Waals surface area contributed by atoms with E-state index in [0.717, 1.165) is 16.6 Å². The molecule has 2 rings (SSSR count). The summed E-state index contributed by atoms with van der Waals surface area (Å²) in [6, 6.07) is 6.31. The zero-order valence-electron chi connectivity index (χ0n) is 9.66. The number of benzene rings is 1. The third-order valence-electron chi connectivity index (χ3n) is 2.70. The molecule has 0 aliphatic heterocycles. The maximum absolute atomic E-state index is 5.74. The van der Waals surface area contributed by atoms with Crippen LogP contribution in [-0.4, -0.2) is 11.5 Å². The van der Waals surface area contributed by atoms with E-state index in [-0.39, 0.29) is 5.41 Å². The van der Waals surface area contributed by atoms with Gasteiger partial charge in [0, 0.05) is 0 Å². The molecule has 0 aliphatic rings. The molecule has 1 aromatic carbocycles. The zero-order chi connectivity index (χ0) is 11.8. The van der Waals surface area contributed by atoms with Gasteiger partial charge in [0.2, 0.25) is 0 Å². The van der Waals surface area contributed by atoms with Gasteiger partial charge in [0.15, 0.2) is 5.13 Å². The first-order valence-corrected chi connectivity index (χ1v) is 6.17. The topological polar surface area (TPSA) is 64.9 Å². The molecule has 0 saturated carbocycles. The van der Waals surface area contributed by atoms with Crippen molar-refractivity contribution in [3.05, 3.63) is 23.8 Å². The summed E-state index contributed by atoms with van der Waals surface area (Å²) < 4.78 is 1.16. The largest absolute Gasteiger partial charge is 0.375 e. The highest BCUT2D eigenvalue weighted by Gasteiger charge is 2.16. The van der Waals surface area contributed by atoms with Crippen LogP contribution in [0.2, 0.25) is 0 Å². The molecule has 0 aliphatic carbocycles. The Bertz CT molecular complexity index is 502. The van der Waals surface area contributed by atoms with Crippen molar-refractivity contribution in [2.45, 2.75) is 20.3 Å². The fourth-order valence-corrected chi connectivity index (χ4v) is 2.52. The summed E-state index contributed by atoms with van der Waals surface area (Å²) in [5.41, 5.74) is 13.8.